The van der Waals surface area contributed by atoms with Crippen LogP contribution in [0.15, 0.2) is 48.6 Å². The molecule has 0 heterocycles. The third-order valence-electron chi connectivity index (χ3n) is 2.67. The first kappa shape index (κ1) is 57.1. The number of hydrogen-bond donors (Lipinski definition) is 0. The molecule has 0 N–H and O–H groups in total. The standard InChI is InChI=1S/2C8H12.8CH2O.Ni/c2*1-2-4-6-8-7-5-3-1;8*1-2;/h2*1-2,7-8H,3-6H2;8*1H2;/b2*2-1-,8-7?;;;;;;;;;. The third-order valence-corrected chi connectivity index (χ3v) is 2.67. The molecule has 0 radical (unpaired) electrons. The maximum atomic E-state index is 8.00. The molecule has 33 heavy (non-hydrogen) atoms. The molecule has 0 bridgehead atoms. The Labute approximate surface area is 209 Å². The maximum absolute atomic E-state index is 8.00. The summed E-state index contributed by atoms with van der Waals surface area (Å²) in [5, 5.41) is 0. The molecule has 9 heteroatoms. The Morgan fingerprint density at radius 2 is 0.303 bits per heavy atom. The van der Waals surface area contributed by atoms with Gasteiger partial charge in [-0.2, -0.15) is 0 Å². The third kappa shape index (κ3) is 126. The van der Waals surface area contributed by atoms with E-state index < -0.39 is 0 Å². The van der Waals surface area contributed by atoms with Gasteiger partial charge >= 0.3 is 0 Å². The number of carbonyl (C=O) groups is 8. The van der Waals surface area contributed by atoms with Crippen molar-refractivity contribution in [3.8, 4) is 0 Å². The van der Waals surface area contributed by atoms with Crippen molar-refractivity contribution in [2.75, 3.05) is 0 Å². The van der Waals surface area contributed by atoms with Crippen LogP contribution in [0.4, 0.5) is 0 Å². The maximum Gasteiger partial charge on any atom is 0.106 e. The van der Waals surface area contributed by atoms with E-state index in [1.807, 2.05) is 54.3 Å². The second-order valence-corrected chi connectivity index (χ2v) is 4.20. The second-order valence-electron chi connectivity index (χ2n) is 4.20. The van der Waals surface area contributed by atoms with Gasteiger partial charge in [0, 0.05) is 16.5 Å². The van der Waals surface area contributed by atoms with Gasteiger partial charge in [-0.25, -0.2) is 0 Å². The van der Waals surface area contributed by atoms with Gasteiger partial charge in [0.2, 0.25) is 0 Å². The summed E-state index contributed by atoms with van der Waals surface area (Å²) in [6.07, 6.45) is 28.0. The van der Waals surface area contributed by atoms with Crippen LogP contribution in [0.3, 0.4) is 0 Å². The van der Waals surface area contributed by atoms with Crippen molar-refractivity contribution in [1.29, 1.82) is 0 Å². The van der Waals surface area contributed by atoms with Crippen molar-refractivity contribution in [3.63, 3.8) is 0 Å². The van der Waals surface area contributed by atoms with Gasteiger partial charge in [0.15, 0.2) is 0 Å². The fourth-order valence-corrected chi connectivity index (χ4v) is 1.71. The predicted molar refractivity (Wildman–Crippen MR) is 130 cm³/mol. The largest absolute Gasteiger partial charge is 0.307 e. The Morgan fingerprint density at radius 1 is 0.242 bits per heavy atom. The molecule has 0 aromatic rings. The van der Waals surface area contributed by atoms with Crippen molar-refractivity contribution in [2.24, 2.45) is 0 Å². The fraction of sp³-hybridized carbons (Fsp3) is 0.333. The van der Waals surface area contributed by atoms with E-state index >= 15 is 0 Å². The molecule has 0 spiro atoms. The number of carbonyl (C=O) groups excluding carboxylic acids is 8. The molecule has 0 amide bonds. The molecule has 0 fully saturated rings. The minimum absolute atomic E-state index is 0. The van der Waals surface area contributed by atoms with Crippen LogP contribution in [-0.2, 0) is 54.8 Å². The van der Waals surface area contributed by atoms with Crippen molar-refractivity contribution in [3.05, 3.63) is 48.6 Å². The van der Waals surface area contributed by atoms with E-state index in [1.165, 1.54) is 51.4 Å². The van der Waals surface area contributed by atoms with E-state index in [-0.39, 0.29) is 16.5 Å². The minimum atomic E-state index is 0. The van der Waals surface area contributed by atoms with Crippen LogP contribution >= 0.6 is 0 Å². The van der Waals surface area contributed by atoms with Gasteiger partial charge in [-0.15, -0.1) is 0 Å². The molecule has 8 nitrogen and oxygen atoms in total. The van der Waals surface area contributed by atoms with E-state index in [1.54, 1.807) is 0 Å². The summed E-state index contributed by atoms with van der Waals surface area (Å²) in [7, 11) is 0. The Kier molecular flexibility index (Phi) is 235. The first-order valence-corrected chi connectivity index (χ1v) is 8.91. The molecule has 2 rings (SSSR count). The van der Waals surface area contributed by atoms with Gasteiger partial charge < -0.3 is 38.4 Å². The zero-order chi connectivity index (χ0) is 27.3. The molecule has 0 unspecified atom stereocenters. The normalized spacial score (nSPS) is 12.6. The summed E-state index contributed by atoms with van der Waals surface area (Å²) in [6, 6.07) is 0. The quantitative estimate of drug-likeness (QED) is 0.350. The molecule has 0 saturated carbocycles. The van der Waals surface area contributed by atoms with E-state index in [0.29, 0.717) is 0 Å². The van der Waals surface area contributed by atoms with Crippen LogP contribution in [0.2, 0.25) is 0 Å². The van der Waals surface area contributed by atoms with Crippen LogP contribution in [0, 0.1) is 0 Å². The number of hydrogen-bond acceptors (Lipinski definition) is 8. The Balaban J connectivity index is -0.0000000308. The average molecular weight is 515 g/mol. The van der Waals surface area contributed by atoms with E-state index in [2.05, 4.69) is 48.6 Å². The number of rotatable bonds is 0. The minimum Gasteiger partial charge on any atom is -0.307 e. The summed E-state index contributed by atoms with van der Waals surface area (Å²) in [6.45, 7) is 16.0. The van der Waals surface area contributed by atoms with E-state index in [0.717, 1.165) is 0 Å². The summed E-state index contributed by atoms with van der Waals surface area (Å²) in [5.74, 6) is 0. The van der Waals surface area contributed by atoms with Gasteiger partial charge in [0.1, 0.15) is 54.3 Å². The van der Waals surface area contributed by atoms with Gasteiger partial charge in [-0.3, -0.25) is 0 Å². The van der Waals surface area contributed by atoms with Crippen molar-refractivity contribution in [2.45, 2.75) is 51.4 Å². The Bertz CT molecular complexity index is 285. The van der Waals surface area contributed by atoms with E-state index in [9.17, 15) is 0 Å². The summed E-state index contributed by atoms with van der Waals surface area (Å²) in [4.78, 5) is 64.0. The molecule has 0 aromatic carbocycles. The fourth-order valence-electron chi connectivity index (χ4n) is 1.71. The predicted octanol–water partition coefficient (Wildman–Crippen LogP) is 3.86. The molecule has 2 aliphatic carbocycles. The van der Waals surface area contributed by atoms with Gasteiger partial charge in [0.25, 0.3) is 0 Å². The zero-order valence-electron chi connectivity index (χ0n) is 19.5. The van der Waals surface area contributed by atoms with Crippen molar-refractivity contribution in [1.82, 2.24) is 0 Å². The number of allylic oxidation sites excluding steroid dienone is 8. The Hall–Kier alpha value is -3.19. The molecule has 2 aliphatic rings. The summed E-state index contributed by atoms with van der Waals surface area (Å²) < 4.78 is 0. The Morgan fingerprint density at radius 3 is 0.364 bits per heavy atom. The van der Waals surface area contributed by atoms with Gasteiger partial charge in [-0.05, 0) is 51.4 Å². The first-order valence-electron chi connectivity index (χ1n) is 8.91. The van der Waals surface area contributed by atoms with Crippen molar-refractivity contribution < 1.29 is 54.8 Å². The van der Waals surface area contributed by atoms with Crippen molar-refractivity contribution >= 4 is 54.3 Å². The molecule has 0 atom stereocenters. The van der Waals surface area contributed by atoms with Crippen LogP contribution in [0.5, 0.6) is 0 Å². The second kappa shape index (κ2) is 136. The van der Waals surface area contributed by atoms with Crippen LogP contribution in [0.1, 0.15) is 51.4 Å². The summed E-state index contributed by atoms with van der Waals surface area (Å²) >= 11 is 0. The van der Waals surface area contributed by atoms with Crippen LogP contribution in [-0.4, -0.2) is 54.3 Å². The van der Waals surface area contributed by atoms with E-state index in [4.69, 9.17) is 38.4 Å². The molecule has 0 aliphatic heterocycles. The molecule has 0 aromatic heterocycles. The molecule has 194 valence electrons. The van der Waals surface area contributed by atoms with Crippen LogP contribution in [0.25, 0.3) is 0 Å². The SMILES string of the molecule is C1=CCC/C=C\CC1.C1=CCC/C=C\CC1.C=O.C=O.C=O.C=O.C=O.C=O.C=O.C=O.[Ni]. The average Bonchev–Trinajstić information content (AvgIpc) is 2.89. The molecular weight excluding hydrogens is 475 g/mol. The van der Waals surface area contributed by atoms with Gasteiger partial charge in [0.05, 0.1) is 0 Å². The van der Waals surface area contributed by atoms with Crippen LogP contribution < -0.4 is 0 Å². The molecular formula is C24H40NiO8. The summed E-state index contributed by atoms with van der Waals surface area (Å²) in [5.41, 5.74) is 0. The monoisotopic (exact) mass is 514 g/mol. The smallest absolute Gasteiger partial charge is 0.106 e. The first-order chi connectivity index (χ1) is 16.0. The molecule has 0 saturated heterocycles. The van der Waals surface area contributed by atoms with Gasteiger partial charge in [-0.1, -0.05) is 48.6 Å². The zero-order valence-corrected chi connectivity index (χ0v) is 20.5. The topological polar surface area (TPSA) is 137 Å².